The van der Waals surface area contributed by atoms with E-state index in [0.717, 1.165) is 35.4 Å². The third-order valence-corrected chi connectivity index (χ3v) is 6.02. The van der Waals surface area contributed by atoms with Gasteiger partial charge in [-0.1, -0.05) is 35.1 Å². The highest BCUT2D eigenvalue weighted by atomic mass is 35.5. The summed E-state index contributed by atoms with van der Waals surface area (Å²) in [5, 5.41) is 1.08. The summed E-state index contributed by atoms with van der Waals surface area (Å²) < 4.78 is 12.3. The summed E-state index contributed by atoms with van der Waals surface area (Å²) in [6.45, 7) is 3.75. The fraction of sp³-hybridized carbons (Fsp3) is 0.333. The van der Waals surface area contributed by atoms with Crippen LogP contribution in [0.2, 0.25) is 5.02 Å². The van der Waals surface area contributed by atoms with Crippen molar-refractivity contribution in [1.29, 1.82) is 0 Å². The second-order valence-electron chi connectivity index (χ2n) is 6.59. The molecular formula is C21H21ClN2O3S. The van der Waals surface area contributed by atoms with Crippen LogP contribution in [0.15, 0.2) is 42.5 Å². The van der Waals surface area contributed by atoms with E-state index in [9.17, 15) is 4.79 Å². The number of halogens is 1. The lowest BCUT2D eigenvalue weighted by Crippen LogP contribution is -2.37. The molecule has 4 rings (SSSR count). The third-order valence-electron chi connectivity index (χ3n) is 4.65. The molecule has 1 amide bonds. The Bertz CT molecular complexity index is 985. The van der Waals surface area contributed by atoms with E-state index in [1.807, 2.05) is 37.3 Å². The zero-order valence-electron chi connectivity index (χ0n) is 15.6. The molecule has 0 bridgehead atoms. The Labute approximate surface area is 172 Å². The van der Waals surface area contributed by atoms with Crippen molar-refractivity contribution in [3.8, 4) is 5.75 Å². The average Bonchev–Trinajstić information content (AvgIpc) is 3.35. The van der Waals surface area contributed by atoms with E-state index in [0.29, 0.717) is 28.9 Å². The van der Waals surface area contributed by atoms with Gasteiger partial charge in [-0.05, 0) is 50.1 Å². The van der Waals surface area contributed by atoms with Crippen LogP contribution < -0.4 is 9.64 Å². The van der Waals surface area contributed by atoms with Gasteiger partial charge in [-0.3, -0.25) is 9.69 Å². The Kier molecular flexibility index (Phi) is 5.80. The SMILES string of the molecule is CCOc1ccc2nc(N(CC3CCCO3)C(=O)c3ccccc3Cl)sc2c1. The molecule has 3 aromatic rings. The van der Waals surface area contributed by atoms with Crippen LogP contribution >= 0.6 is 22.9 Å². The van der Waals surface area contributed by atoms with Crippen LogP contribution in [0.4, 0.5) is 5.13 Å². The maximum absolute atomic E-state index is 13.3. The van der Waals surface area contributed by atoms with Crippen molar-refractivity contribution in [3.05, 3.63) is 53.1 Å². The fourth-order valence-electron chi connectivity index (χ4n) is 3.28. The Hall–Kier alpha value is -2.15. The number of hydrogen-bond acceptors (Lipinski definition) is 5. The number of hydrogen-bond donors (Lipinski definition) is 0. The molecule has 1 aliphatic rings. The standard InChI is InChI=1S/C21H21ClN2O3S/c1-2-26-14-9-10-18-19(12-14)28-21(23-18)24(13-15-6-5-11-27-15)20(25)16-7-3-4-8-17(16)22/h3-4,7-10,12,15H,2,5-6,11,13H2,1H3. The second kappa shape index (κ2) is 8.47. The van der Waals surface area contributed by atoms with E-state index in [4.69, 9.17) is 26.1 Å². The lowest BCUT2D eigenvalue weighted by atomic mass is 10.1. The summed E-state index contributed by atoms with van der Waals surface area (Å²) in [6, 6.07) is 12.9. The highest BCUT2D eigenvalue weighted by molar-refractivity contribution is 7.22. The Balaban J connectivity index is 1.71. The van der Waals surface area contributed by atoms with Gasteiger partial charge in [-0.25, -0.2) is 4.98 Å². The monoisotopic (exact) mass is 416 g/mol. The molecule has 0 N–H and O–H groups in total. The fourth-order valence-corrected chi connectivity index (χ4v) is 4.50. The van der Waals surface area contributed by atoms with Crippen molar-refractivity contribution in [2.75, 3.05) is 24.7 Å². The lowest BCUT2D eigenvalue weighted by molar-refractivity contribution is 0.0917. The number of benzene rings is 2. The number of fused-ring (bicyclic) bond motifs is 1. The maximum atomic E-state index is 13.3. The molecule has 1 unspecified atom stereocenters. The molecule has 0 saturated carbocycles. The van der Waals surface area contributed by atoms with Gasteiger partial charge in [0.15, 0.2) is 5.13 Å². The van der Waals surface area contributed by atoms with Gasteiger partial charge in [-0.15, -0.1) is 0 Å². The van der Waals surface area contributed by atoms with Crippen LogP contribution in [0.3, 0.4) is 0 Å². The number of rotatable bonds is 6. The number of carbonyl (C=O) groups is 1. The quantitative estimate of drug-likeness (QED) is 0.556. The molecule has 2 heterocycles. The Morgan fingerprint density at radius 2 is 2.21 bits per heavy atom. The first-order chi connectivity index (χ1) is 13.7. The molecule has 1 fully saturated rings. The highest BCUT2D eigenvalue weighted by Gasteiger charge is 2.28. The second-order valence-corrected chi connectivity index (χ2v) is 8.01. The first-order valence-electron chi connectivity index (χ1n) is 9.37. The average molecular weight is 417 g/mol. The minimum absolute atomic E-state index is 0.0115. The number of amides is 1. The zero-order chi connectivity index (χ0) is 19.5. The molecule has 146 valence electrons. The predicted octanol–water partition coefficient (Wildman–Crippen LogP) is 5.17. The van der Waals surface area contributed by atoms with Gasteiger partial charge < -0.3 is 9.47 Å². The zero-order valence-corrected chi connectivity index (χ0v) is 17.1. The largest absolute Gasteiger partial charge is 0.494 e. The molecular weight excluding hydrogens is 396 g/mol. The van der Waals surface area contributed by atoms with E-state index >= 15 is 0 Å². The highest BCUT2D eigenvalue weighted by Crippen LogP contribution is 2.33. The van der Waals surface area contributed by atoms with Crippen molar-refractivity contribution in [3.63, 3.8) is 0 Å². The van der Waals surface area contributed by atoms with E-state index in [1.54, 1.807) is 17.0 Å². The first-order valence-corrected chi connectivity index (χ1v) is 10.6. The smallest absolute Gasteiger partial charge is 0.261 e. The molecule has 1 aromatic heterocycles. The van der Waals surface area contributed by atoms with Gasteiger partial charge in [0, 0.05) is 6.61 Å². The van der Waals surface area contributed by atoms with Crippen LogP contribution in [0, 0.1) is 0 Å². The Morgan fingerprint density at radius 3 is 2.96 bits per heavy atom. The van der Waals surface area contributed by atoms with Gasteiger partial charge in [0.05, 0.1) is 40.1 Å². The molecule has 7 heteroatoms. The van der Waals surface area contributed by atoms with Gasteiger partial charge in [-0.2, -0.15) is 0 Å². The van der Waals surface area contributed by atoms with Crippen molar-refractivity contribution < 1.29 is 14.3 Å². The Morgan fingerprint density at radius 1 is 1.36 bits per heavy atom. The predicted molar refractivity (Wildman–Crippen MR) is 113 cm³/mol. The number of nitrogens with zero attached hydrogens (tertiary/aromatic N) is 2. The summed E-state index contributed by atoms with van der Waals surface area (Å²) in [6.07, 6.45) is 1.96. The van der Waals surface area contributed by atoms with Crippen molar-refractivity contribution >= 4 is 44.2 Å². The molecule has 1 aliphatic heterocycles. The van der Waals surface area contributed by atoms with E-state index < -0.39 is 0 Å². The molecule has 0 radical (unpaired) electrons. The van der Waals surface area contributed by atoms with Crippen LogP contribution in [-0.2, 0) is 4.74 Å². The molecule has 0 aliphatic carbocycles. The minimum Gasteiger partial charge on any atom is -0.494 e. The third kappa shape index (κ3) is 3.99. The normalized spacial score (nSPS) is 16.4. The van der Waals surface area contributed by atoms with Crippen LogP contribution in [0.25, 0.3) is 10.2 Å². The van der Waals surface area contributed by atoms with Crippen LogP contribution in [0.1, 0.15) is 30.1 Å². The number of thiazole rings is 1. The molecule has 1 atom stereocenters. The van der Waals surface area contributed by atoms with Gasteiger partial charge in [0.2, 0.25) is 0 Å². The molecule has 0 spiro atoms. The number of anilines is 1. The van der Waals surface area contributed by atoms with E-state index in [-0.39, 0.29) is 12.0 Å². The van der Waals surface area contributed by atoms with Crippen LogP contribution in [-0.4, -0.2) is 36.8 Å². The molecule has 5 nitrogen and oxygen atoms in total. The molecule has 2 aromatic carbocycles. The number of aromatic nitrogens is 1. The minimum atomic E-state index is -0.162. The van der Waals surface area contributed by atoms with Gasteiger partial charge in [0.1, 0.15) is 5.75 Å². The first kappa shape index (κ1) is 19.2. The van der Waals surface area contributed by atoms with E-state index in [1.165, 1.54) is 11.3 Å². The van der Waals surface area contributed by atoms with Crippen molar-refractivity contribution in [2.24, 2.45) is 0 Å². The van der Waals surface area contributed by atoms with Crippen molar-refractivity contribution in [1.82, 2.24) is 4.98 Å². The molecule has 1 saturated heterocycles. The van der Waals surface area contributed by atoms with Crippen molar-refractivity contribution in [2.45, 2.75) is 25.9 Å². The van der Waals surface area contributed by atoms with E-state index in [2.05, 4.69) is 0 Å². The summed E-state index contributed by atoms with van der Waals surface area (Å²) in [5.74, 6) is 0.637. The van der Waals surface area contributed by atoms with Gasteiger partial charge >= 0.3 is 0 Å². The van der Waals surface area contributed by atoms with Gasteiger partial charge in [0.25, 0.3) is 5.91 Å². The summed E-state index contributed by atoms with van der Waals surface area (Å²) in [7, 11) is 0. The summed E-state index contributed by atoms with van der Waals surface area (Å²) in [5.41, 5.74) is 1.31. The topological polar surface area (TPSA) is 51.7 Å². The summed E-state index contributed by atoms with van der Waals surface area (Å²) in [4.78, 5) is 19.7. The number of carbonyl (C=O) groups excluding carboxylic acids is 1. The maximum Gasteiger partial charge on any atom is 0.261 e. The number of ether oxygens (including phenoxy) is 2. The van der Waals surface area contributed by atoms with Crippen LogP contribution in [0.5, 0.6) is 5.75 Å². The summed E-state index contributed by atoms with van der Waals surface area (Å²) >= 11 is 7.76. The molecule has 28 heavy (non-hydrogen) atoms. The lowest BCUT2D eigenvalue weighted by Gasteiger charge is -2.23.